The number of rotatable bonds is 53. The standard InChI is InChI=1S/C60H113N2O6P/c1-6-8-10-12-14-16-18-20-22-24-26-28-30-31-32-34-36-38-40-42-44-46-48-50-52-54-60(64)61-58(57-68-69(65,66)67-56-55-62(3,4)5)59(63)53-51-49-47-45-43-41-39-37-35-33-29-27-25-23-21-19-17-15-13-11-9-7-2/h18,20,24,26,30-31,43,45,51,53,58-59,63H,6-17,19,21-23,25,27-29,32-42,44,46-50,52,54-57H2,1-5H3,(H-,61,64,65,66)/p+1/b20-18-,26-24-,31-30-,45-43+,53-51+. The minimum absolute atomic E-state index is 0.0537. The molecule has 0 aliphatic rings. The number of nitrogens with zero attached hydrogens (tertiary/aromatic N) is 1. The topological polar surface area (TPSA) is 105 Å². The molecule has 0 aliphatic carbocycles. The molecule has 404 valence electrons. The normalized spacial score (nSPS) is 14.4. The van der Waals surface area contributed by atoms with Gasteiger partial charge in [-0.25, -0.2) is 4.57 Å². The van der Waals surface area contributed by atoms with Crippen LogP contribution < -0.4 is 5.32 Å². The minimum Gasteiger partial charge on any atom is -0.387 e. The molecule has 8 nitrogen and oxygen atoms in total. The summed E-state index contributed by atoms with van der Waals surface area (Å²) in [5.41, 5.74) is 0. The van der Waals surface area contributed by atoms with Crippen molar-refractivity contribution in [3.05, 3.63) is 60.8 Å². The van der Waals surface area contributed by atoms with Crippen LogP contribution in [-0.4, -0.2) is 73.4 Å². The number of amides is 1. The maximum Gasteiger partial charge on any atom is 0.472 e. The lowest BCUT2D eigenvalue weighted by atomic mass is 10.0. The van der Waals surface area contributed by atoms with Crippen LogP contribution in [0.4, 0.5) is 0 Å². The lowest BCUT2D eigenvalue weighted by Gasteiger charge is -2.25. The zero-order valence-electron chi connectivity index (χ0n) is 46.0. The molecule has 0 aromatic heterocycles. The van der Waals surface area contributed by atoms with Crippen LogP contribution in [0.25, 0.3) is 0 Å². The number of carbonyl (C=O) groups is 1. The highest BCUT2D eigenvalue weighted by Crippen LogP contribution is 2.43. The molecule has 0 spiro atoms. The van der Waals surface area contributed by atoms with E-state index in [4.69, 9.17) is 9.05 Å². The van der Waals surface area contributed by atoms with E-state index in [1.54, 1.807) is 6.08 Å². The van der Waals surface area contributed by atoms with E-state index < -0.39 is 20.0 Å². The molecular weight excluding hydrogens is 876 g/mol. The average molecular weight is 991 g/mol. The number of phosphoric acid groups is 1. The van der Waals surface area contributed by atoms with E-state index in [0.717, 1.165) is 51.4 Å². The van der Waals surface area contributed by atoms with Crippen LogP contribution in [0.3, 0.4) is 0 Å². The summed E-state index contributed by atoms with van der Waals surface area (Å²) in [5.74, 6) is -0.190. The van der Waals surface area contributed by atoms with Crippen molar-refractivity contribution in [1.29, 1.82) is 0 Å². The maximum absolute atomic E-state index is 13.0. The molecule has 0 aromatic carbocycles. The Bertz CT molecular complexity index is 1310. The van der Waals surface area contributed by atoms with E-state index >= 15 is 0 Å². The summed E-state index contributed by atoms with van der Waals surface area (Å²) in [6.45, 7) is 4.80. The number of unbranched alkanes of at least 4 members (excludes halogenated alkanes) is 32. The Morgan fingerprint density at radius 3 is 1.26 bits per heavy atom. The van der Waals surface area contributed by atoms with E-state index in [9.17, 15) is 19.4 Å². The Morgan fingerprint density at radius 2 is 0.841 bits per heavy atom. The van der Waals surface area contributed by atoms with Crippen molar-refractivity contribution >= 4 is 13.7 Å². The van der Waals surface area contributed by atoms with E-state index in [-0.39, 0.29) is 19.1 Å². The molecule has 0 saturated carbocycles. The van der Waals surface area contributed by atoms with Gasteiger partial charge in [-0.15, -0.1) is 0 Å². The maximum atomic E-state index is 13.0. The smallest absolute Gasteiger partial charge is 0.387 e. The van der Waals surface area contributed by atoms with Crippen molar-refractivity contribution in [1.82, 2.24) is 5.32 Å². The van der Waals surface area contributed by atoms with Crippen molar-refractivity contribution in [2.24, 2.45) is 0 Å². The van der Waals surface area contributed by atoms with Crippen LogP contribution in [0.5, 0.6) is 0 Å². The van der Waals surface area contributed by atoms with Gasteiger partial charge < -0.3 is 19.8 Å². The Kier molecular flexibility index (Phi) is 49.8. The SMILES string of the molecule is CCCCCCC/C=C\C/C=C\C/C=C\CCCCCCCCCCCCC(=O)NC(COP(=O)(O)OCC[N+](C)(C)C)C(O)/C=C/CC/C=C/CCCCCCCCCCCCCCCCCC. The molecule has 0 saturated heterocycles. The summed E-state index contributed by atoms with van der Waals surface area (Å²) in [4.78, 5) is 23.3. The van der Waals surface area contributed by atoms with E-state index in [0.29, 0.717) is 17.4 Å². The van der Waals surface area contributed by atoms with Gasteiger partial charge in [-0.3, -0.25) is 13.8 Å². The molecular formula is C60H114N2O6P+. The first kappa shape index (κ1) is 67.2. The predicted octanol–water partition coefficient (Wildman–Crippen LogP) is 17.7. The second-order valence-electron chi connectivity index (χ2n) is 21.0. The number of quaternary nitrogens is 1. The van der Waals surface area contributed by atoms with Crippen molar-refractivity contribution in [3.63, 3.8) is 0 Å². The van der Waals surface area contributed by atoms with Gasteiger partial charge in [0, 0.05) is 6.42 Å². The monoisotopic (exact) mass is 990 g/mol. The van der Waals surface area contributed by atoms with E-state index in [1.165, 1.54) is 193 Å². The van der Waals surface area contributed by atoms with Gasteiger partial charge in [0.1, 0.15) is 13.2 Å². The molecule has 69 heavy (non-hydrogen) atoms. The summed E-state index contributed by atoms with van der Waals surface area (Å²) >= 11 is 0. The van der Waals surface area contributed by atoms with Gasteiger partial charge in [-0.1, -0.05) is 248 Å². The molecule has 3 N–H and O–H groups in total. The van der Waals surface area contributed by atoms with Crippen LogP contribution in [0.15, 0.2) is 60.8 Å². The summed E-state index contributed by atoms with van der Waals surface area (Å²) < 4.78 is 23.7. The molecule has 1 amide bonds. The number of aliphatic hydroxyl groups excluding tert-OH is 1. The van der Waals surface area contributed by atoms with Gasteiger partial charge in [0.25, 0.3) is 0 Å². The lowest BCUT2D eigenvalue weighted by molar-refractivity contribution is -0.870. The van der Waals surface area contributed by atoms with Crippen LogP contribution >= 0.6 is 7.82 Å². The first-order chi connectivity index (χ1) is 33.5. The first-order valence-corrected chi connectivity index (χ1v) is 30.7. The fourth-order valence-corrected chi connectivity index (χ4v) is 9.10. The van der Waals surface area contributed by atoms with Crippen LogP contribution in [0, 0.1) is 0 Å². The Balaban J connectivity index is 4.27. The van der Waals surface area contributed by atoms with Crippen molar-refractivity contribution in [3.8, 4) is 0 Å². The number of allylic oxidation sites excluding steroid dienone is 9. The fourth-order valence-electron chi connectivity index (χ4n) is 8.36. The van der Waals surface area contributed by atoms with Crippen LogP contribution in [-0.2, 0) is 18.4 Å². The average Bonchev–Trinajstić information content (AvgIpc) is 3.31. The lowest BCUT2D eigenvalue weighted by Crippen LogP contribution is -2.45. The van der Waals surface area contributed by atoms with Gasteiger partial charge in [0.05, 0.1) is 39.9 Å². The minimum atomic E-state index is -4.36. The number of nitrogens with one attached hydrogen (secondary N) is 1. The second kappa shape index (κ2) is 51.1. The highest BCUT2D eigenvalue weighted by Gasteiger charge is 2.27. The third-order valence-electron chi connectivity index (χ3n) is 13.0. The Hall–Kier alpha value is -1.80. The fraction of sp³-hybridized carbons (Fsp3) is 0.817. The molecule has 0 fully saturated rings. The van der Waals surface area contributed by atoms with Gasteiger partial charge in [-0.05, 0) is 70.6 Å². The summed E-state index contributed by atoms with van der Waals surface area (Å²) in [5, 5.41) is 13.9. The van der Waals surface area contributed by atoms with Gasteiger partial charge >= 0.3 is 7.82 Å². The molecule has 9 heteroatoms. The summed E-state index contributed by atoms with van der Waals surface area (Å²) in [6, 6.07) is -0.869. The molecule has 0 aliphatic heterocycles. The number of hydrogen-bond acceptors (Lipinski definition) is 5. The molecule has 0 heterocycles. The zero-order valence-corrected chi connectivity index (χ0v) is 46.9. The highest BCUT2D eigenvalue weighted by molar-refractivity contribution is 7.47. The van der Waals surface area contributed by atoms with Crippen molar-refractivity contribution in [2.75, 3.05) is 40.9 Å². The number of likely N-dealkylation sites (N-methyl/N-ethyl adjacent to an activating group) is 1. The van der Waals surface area contributed by atoms with E-state index in [1.807, 2.05) is 27.2 Å². The number of aliphatic hydroxyl groups is 1. The summed E-state index contributed by atoms with van der Waals surface area (Å²) in [7, 11) is 1.55. The molecule has 3 atom stereocenters. The third-order valence-corrected chi connectivity index (χ3v) is 13.9. The third kappa shape index (κ3) is 53.8. The van der Waals surface area contributed by atoms with Gasteiger partial charge in [0.2, 0.25) is 5.91 Å². The largest absolute Gasteiger partial charge is 0.472 e. The van der Waals surface area contributed by atoms with E-state index in [2.05, 4.69) is 67.8 Å². The van der Waals surface area contributed by atoms with Crippen LogP contribution in [0.1, 0.15) is 264 Å². The Labute approximate surface area is 428 Å². The highest BCUT2D eigenvalue weighted by atomic mass is 31.2. The molecule has 0 bridgehead atoms. The van der Waals surface area contributed by atoms with Crippen molar-refractivity contribution < 1.29 is 32.9 Å². The van der Waals surface area contributed by atoms with Crippen LogP contribution in [0.2, 0.25) is 0 Å². The molecule has 0 aromatic rings. The number of hydrogen-bond donors (Lipinski definition) is 3. The number of phosphoric ester groups is 1. The predicted molar refractivity (Wildman–Crippen MR) is 300 cm³/mol. The molecule has 0 rings (SSSR count). The quantitative estimate of drug-likeness (QED) is 0.0243. The van der Waals surface area contributed by atoms with Gasteiger partial charge in [0.15, 0.2) is 0 Å². The Morgan fingerprint density at radius 1 is 0.493 bits per heavy atom. The molecule has 0 radical (unpaired) electrons. The molecule has 3 unspecified atom stereocenters. The first-order valence-electron chi connectivity index (χ1n) is 29.2. The number of carbonyl (C=O) groups excluding carboxylic acids is 1. The summed E-state index contributed by atoms with van der Waals surface area (Å²) in [6.07, 6.45) is 68.9. The van der Waals surface area contributed by atoms with Crippen molar-refractivity contribution in [2.45, 2.75) is 276 Å². The zero-order chi connectivity index (χ0) is 50.6. The van der Waals surface area contributed by atoms with Gasteiger partial charge in [-0.2, -0.15) is 0 Å². The second-order valence-corrected chi connectivity index (χ2v) is 22.5.